The van der Waals surface area contributed by atoms with Crippen molar-refractivity contribution in [1.29, 1.82) is 0 Å². The van der Waals surface area contributed by atoms with Crippen molar-refractivity contribution in [3.05, 3.63) is 51.3 Å². The Morgan fingerprint density at radius 3 is 2.41 bits per heavy atom. The second kappa shape index (κ2) is 4.99. The van der Waals surface area contributed by atoms with Crippen LogP contribution < -0.4 is 10.6 Å². The molecule has 2 aromatic heterocycles. The molecule has 0 aliphatic heterocycles. The van der Waals surface area contributed by atoms with E-state index < -0.39 is 6.10 Å². The fraction of sp³-hybridized carbons (Fsp3) is 0.440. The van der Waals surface area contributed by atoms with Crippen LogP contribution in [0.15, 0.2) is 18.2 Å². The number of phenols is 1. The molecule has 150 valence electrons. The molecule has 2 heterocycles. The van der Waals surface area contributed by atoms with Gasteiger partial charge in [-0.25, -0.2) is 0 Å². The number of fused-ring (bicyclic) bond motifs is 8. The lowest BCUT2D eigenvalue weighted by Crippen LogP contribution is -2.36. The average molecular weight is 389 g/mol. The number of aliphatic hydroxyl groups is 1. The van der Waals surface area contributed by atoms with Crippen LogP contribution in [0.1, 0.15) is 69.5 Å². The number of benzene rings is 1. The fourth-order valence-corrected chi connectivity index (χ4v) is 6.90. The molecule has 0 fully saturated rings. The van der Waals surface area contributed by atoms with Crippen molar-refractivity contribution in [2.45, 2.75) is 69.3 Å². The first-order chi connectivity index (χ1) is 13.6. The molecule has 4 N–H and O–H groups in total. The predicted octanol–water partition coefficient (Wildman–Crippen LogP) is 3.18. The third-order valence-electron chi connectivity index (χ3n) is 7.57. The van der Waals surface area contributed by atoms with Gasteiger partial charge in [-0.05, 0) is 65.5 Å². The van der Waals surface area contributed by atoms with E-state index in [1.165, 1.54) is 27.7 Å². The topological polar surface area (TPSA) is 72.0 Å². The summed E-state index contributed by atoms with van der Waals surface area (Å²) in [5.41, 5.74) is 6.33. The summed E-state index contributed by atoms with van der Waals surface area (Å²) < 4.78 is 0. The van der Waals surface area contributed by atoms with Crippen molar-refractivity contribution in [1.82, 2.24) is 9.97 Å². The standard InChI is InChI=1S/C25H28N2O2/c1-23(2)11-25(21-19(23)15-9-13(28)5-7-17(15)26-21)12-24(3,4)20-16-10-14(29)6-8-18(16)27-22(20)25/h5,7-10,14,26-29H,6,11-12H2,1-4H3. The van der Waals surface area contributed by atoms with Crippen LogP contribution in [0.5, 0.6) is 5.75 Å². The Morgan fingerprint density at radius 1 is 0.966 bits per heavy atom. The largest absolute Gasteiger partial charge is 0.508 e. The van der Waals surface area contributed by atoms with E-state index >= 15 is 0 Å². The second-order valence-corrected chi connectivity index (χ2v) is 10.7. The molecule has 3 aliphatic rings. The zero-order chi connectivity index (χ0) is 20.3. The maximum absolute atomic E-state index is 10.3. The molecule has 4 nitrogen and oxygen atoms in total. The van der Waals surface area contributed by atoms with Gasteiger partial charge in [0.1, 0.15) is 5.75 Å². The number of aromatic hydroxyl groups is 1. The molecule has 3 aliphatic carbocycles. The first-order valence-electron chi connectivity index (χ1n) is 10.6. The maximum atomic E-state index is 10.3. The van der Waals surface area contributed by atoms with Gasteiger partial charge in [0, 0.05) is 32.9 Å². The van der Waals surface area contributed by atoms with Gasteiger partial charge >= 0.3 is 0 Å². The number of rotatable bonds is 0. The summed E-state index contributed by atoms with van der Waals surface area (Å²) in [4.78, 5) is 7.55. The quantitative estimate of drug-likeness (QED) is 0.478. The zero-order valence-electron chi connectivity index (χ0n) is 17.5. The Kier molecular flexibility index (Phi) is 2.99. The van der Waals surface area contributed by atoms with Gasteiger partial charge in [0.25, 0.3) is 0 Å². The molecule has 6 rings (SSSR count). The number of hydrogen-bond acceptors (Lipinski definition) is 2. The van der Waals surface area contributed by atoms with Gasteiger partial charge in [0.15, 0.2) is 0 Å². The van der Waals surface area contributed by atoms with Crippen LogP contribution in [0.3, 0.4) is 0 Å². The van der Waals surface area contributed by atoms with Crippen molar-refractivity contribution < 1.29 is 10.2 Å². The molecule has 0 bridgehead atoms. The molecular formula is C25H28N2O2. The number of phenolic OH excluding ortho intramolecular Hbond substituents is 1. The smallest absolute Gasteiger partial charge is 0.116 e. The monoisotopic (exact) mass is 388 g/mol. The number of aromatic amines is 2. The highest BCUT2D eigenvalue weighted by Crippen LogP contribution is 2.62. The molecule has 4 heteroatoms. The number of H-pyrrole nitrogens is 2. The molecule has 0 saturated heterocycles. The van der Waals surface area contributed by atoms with Gasteiger partial charge in [-0.1, -0.05) is 33.8 Å². The van der Waals surface area contributed by atoms with Crippen molar-refractivity contribution in [2.24, 2.45) is 0 Å². The summed E-state index contributed by atoms with van der Waals surface area (Å²) in [7, 11) is 0. The molecular weight excluding hydrogens is 360 g/mol. The van der Waals surface area contributed by atoms with Gasteiger partial charge in [0.05, 0.1) is 11.5 Å². The second-order valence-electron chi connectivity index (χ2n) is 10.7. The van der Waals surface area contributed by atoms with E-state index in [2.05, 4.69) is 43.7 Å². The van der Waals surface area contributed by atoms with Gasteiger partial charge in [-0.15, -0.1) is 0 Å². The van der Waals surface area contributed by atoms with Gasteiger partial charge in [-0.2, -0.15) is 0 Å². The third-order valence-corrected chi connectivity index (χ3v) is 7.57. The molecule has 0 amide bonds. The van der Waals surface area contributed by atoms with Crippen molar-refractivity contribution in [2.75, 3.05) is 0 Å². The Hall–Kier alpha value is -2.46. The third kappa shape index (κ3) is 2.03. The summed E-state index contributed by atoms with van der Waals surface area (Å²) in [6.45, 7) is 9.33. The Morgan fingerprint density at radius 2 is 1.66 bits per heavy atom. The lowest BCUT2D eigenvalue weighted by Gasteiger charge is -2.30. The molecule has 2 atom stereocenters. The maximum Gasteiger partial charge on any atom is 0.116 e. The molecule has 1 aromatic carbocycles. The molecule has 2 unspecified atom stereocenters. The zero-order valence-corrected chi connectivity index (χ0v) is 17.5. The Bertz CT molecular complexity index is 1320. The van der Waals surface area contributed by atoms with E-state index in [-0.39, 0.29) is 16.2 Å². The van der Waals surface area contributed by atoms with Gasteiger partial charge in [-0.3, -0.25) is 0 Å². The minimum absolute atomic E-state index is 0.00236. The van der Waals surface area contributed by atoms with Crippen molar-refractivity contribution in [3.8, 4) is 5.75 Å². The van der Waals surface area contributed by atoms with E-state index in [9.17, 15) is 10.2 Å². The predicted molar refractivity (Wildman–Crippen MR) is 116 cm³/mol. The highest BCUT2D eigenvalue weighted by Gasteiger charge is 2.59. The number of nitrogens with one attached hydrogen (secondary N) is 2. The highest BCUT2D eigenvalue weighted by atomic mass is 16.3. The summed E-state index contributed by atoms with van der Waals surface area (Å²) in [6.07, 6.45) is 6.52. The average Bonchev–Trinajstić information content (AvgIpc) is 3.28. The van der Waals surface area contributed by atoms with Crippen LogP contribution in [-0.2, 0) is 16.2 Å². The van der Waals surface area contributed by atoms with Gasteiger partial charge < -0.3 is 20.2 Å². The van der Waals surface area contributed by atoms with Crippen LogP contribution in [0.2, 0.25) is 0 Å². The highest BCUT2D eigenvalue weighted by molar-refractivity contribution is 5.89. The molecule has 1 spiro atoms. The molecule has 3 aromatic rings. The molecule has 0 saturated carbocycles. The molecule has 29 heavy (non-hydrogen) atoms. The summed E-state index contributed by atoms with van der Waals surface area (Å²) in [5, 5.41) is 23.9. The van der Waals surface area contributed by atoms with Crippen LogP contribution in [0.4, 0.5) is 0 Å². The summed E-state index contributed by atoms with van der Waals surface area (Å²) in [5.74, 6) is 0.317. The Labute approximate surface area is 170 Å². The van der Waals surface area contributed by atoms with Crippen molar-refractivity contribution >= 4 is 23.1 Å². The van der Waals surface area contributed by atoms with E-state index in [0.29, 0.717) is 12.2 Å². The van der Waals surface area contributed by atoms with E-state index in [1.807, 2.05) is 18.2 Å². The molecule has 0 radical (unpaired) electrons. The number of hydrogen-bond donors (Lipinski definition) is 4. The SMILES string of the molecule is CC1(C)CC2(CC(C)(C)c3c2[nH]c2ccc(O)cc32)c2[nH]c3c(c21)=CC(O)CC=3. The van der Waals surface area contributed by atoms with Crippen LogP contribution in [0, 0.1) is 0 Å². The van der Waals surface area contributed by atoms with Crippen LogP contribution >= 0.6 is 0 Å². The van der Waals surface area contributed by atoms with Crippen LogP contribution in [-0.4, -0.2) is 26.3 Å². The van der Waals surface area contributed by atoms with E-state index in [1.54, 1.807) is 6.07 Å². The summed E-state index contributed by atoms with van der Waals surface area (Å²) >= 11 is 0. The number of aromatic nitrogens is 2. The fourth-order valence-electron chi connectivity index (χ4n) is 6.90. The lowest BCUT2D eigenvalue weighted by atomic mass is 9.74. The van der Waals surface area contributed by atoms with Crippen LogP contribution in [0.25, 0.3) is 23.1 Å². The first-order valence-corrected chi connectivity index (χ1v) is 10.6. The summed E-state index contributed by atoms with van der Waals surface area (Å²) in [6, 6.07) is 5.66. The normalized spacial score (nSPS) is 28.1. The minimum atomic E-state index is -0.401. The van der Waals surface area contributed by atoms with E-state index in [4.69, 9.17) is 0 Å². The van der Waals surface area contributed by atoms with E-state index in [0.717, 1.165) is 29.1 Å². The van der Waals surface area contributed by atoms with Gasteiger partial charge in [0.2, 0.25) is 0 Å². The first kappa shape index (κ1) is 17.4. The lowest BCUT2D eigenvalue weighted by molar-refractivity contribution is 0.244. The minimum Gasteiger partial charge on any atom is -0.508 e. The Balaban J connectivity index is 1.72. The number of aliphatic hydroxyl groups excluding tert-OH is 1. The van der Waals surface area contributed by atoms with Crippen molar-refractivity contribution in [3.63, 3.8) is 0 Å².